The average Bonchev–Trinajstić information content (AvgIpc) is 2.78. The van der Waals surface area contributed by atoms with Crippen LogP contribution < -0.4 is 9.62 Å². The number of nitrogens with one attached hydrogen (secondary N) is 1. The lowest BCUT2D eigenvalue weighted by Gasteiger charge is -2.28. The molecular weight excluding hydrogens is 408 g/mol. The topological polar surface area (TPSA) is 66.5 Å². The number of hydrogen-bond donors (Lipinski definition) is 1. The predicted molar refractivity (Wildman–Crippen MR) is 124 cm³/mol. The molecule has 1 aliphatic rings. The van der Waals surface area contributed by atoms with Crippen molar-refractivity contribution in [2.45, 2.75) is 25.8 Å². The molecule has 0 aromatic heterocycles. The first-order valence-electron chi connectivity index (χ1n) is 10.5. The summed E-state index contributed by atoms with van der Waals surface area (Å²) in [6.07, 6.45) is 1.54. The highest BCUT2D eigenvalue weighted by Gasteiger charge is 2.26. The number of rotatable bonds is 5. The van der Waals surface area contributed by atoms with Crippen LogP contribution in [0.2, 0.25) is 0 Å². The molecule has 4 rings (SSSR count). The molecule has 1 saturated heterocycles. The molecule has 0 saturated carbocycles. The van der Waals surface area contributed by atoms with Gasteiger partial charge in [0.05, 0.1) is 17.5 Å². The van der Waals surface area contributed by atoms with Gasteiger partial charge in [-0.3, -0.25) is 9.10 Å². The molecule has 0 aliphatic carbocycles. The number of nitrogens with zero attached hydrogens (tertiary/aromatic N) is 1. The number of anilines is 1. The number of sulfonamides is 1. The van der Waals surface area contributed by atoms with Crippen LogP contribution in [-0.4, -0.2) is 26.6 Å². The summed E-state index contributed by atoms with van der Waals surface area (Å²) >= 11 is 0. The van der Waals surface area contributed by atoms with Gasteiger partial charge in [0.25, 0.3) is 5.91 Å². The molecular formula is C25H26N2O3S. The lowest BCUT2D eigenvalue weighted by Crippen LogP contribution is -2.37. The molecule has 160 valence electrons. The maximum Gasteiger partial charge on any atom is 0.252 e. The monoisotopic (exact) mass is 434 g/mol. The second kappa shape index (κ2) is 8.94. The van der Waals surface area contributed by atoms with E-state index in [1.165, 1.54) is 4.31 Å². The lowest BCUT2D eigenvalue weighted by atomic mass is 9.94. The zero-order valence-corrected chi connectivity index (χ0v) is 18.3. The minimum absolute atomic E-state index is 0.171. The smallest absolute Gasteiger partial charge is 0.252 e. The fourth-order valence-electron chi connectivity index (χ4n) is 3.97. The van der Waals surface area contributed by atoms with Gasteiger partial charge in [-0.15, -0.1) is 0 Å². The van der Waals surface area contributed by atoms with Crippen molar-refractivity contribution < 1.29 is 13.2 Å². The van der Waals surface area contributed by atoms with Gasteiger partial charge >= 0.3 is 0 Å². The Hall–Kier alpha value is -3.12. The lowest BCUT2D eigenvalue weighted by molar-refractivity contribution is 0.0943. The zero-order chi connectivity index (χ0) is 21.8. The Morgan fingerprint density at radius 3 is 2.26 bits per heavy atom. The van der Waals surface area contributed by atoms with Gasteiger partial charge in [0.1, 0.15) is 0 Å². The molecule has 1 fully saturated rings. The van der Waals surface area contributed by atoms with E-state index in [0.29, 0.717) is 24.2 Å². The maximum absolute atomic E-state index is 13.1. The highest BCUT2D eigenvalue weighted by molar-refractivity contribution is 7.92. The fourth-order valence-corrected chi connectivity index (χ4v) is 5.61. The van der Waals surface area contributed by atoms with Crippen LogP contribution in [0.5, 0.6) is 0 Å². The quantitative estimate of drug-likeness (QED) is 0.645. The van der Waals surface area contributed by atoms with Crippen LogP contribution in [0.15, 0.2) is 78.9 Å². The van der Waals surface area contributed by atoms with Crippen LogP contribution in [0.25, 0.3) is 0 Å². The summed E-state index contributed by atoms with van der Waals surface area (Å²) in [7, 11) is -3.27. The molecule has 1 N–H and O–H groups in total. The summed E-state index contributed by atoms with van der Waals surface area (Å²) < 4.78 is 26.1. The van der Waals surface area contributed by atoms with Crippen molar-refractivity contribution in [2.75, 3.05) is 16.6 Å². The Balaban J connectivity index is 1.59. The minimum atomic E-state index is -3.27. The molecule has 5 nitrogen and oxygen atoms in total. The Bertz CT molecular complexity index is 1160. The highest BCUT2D eigenvalue weighted by Crippen LogP contribution is 2.27. The molecule has 3 aromatic rings. The molecule has 1 amide bonds. The predicted octanol–water partition coefficient (Wildman–Crippen LogP) is 4.44. The van der Waals surface area contributed by atoms with E-state index in [9.17, 15) is 13.2 Å². The first-order chi connectivity index (χ1) is 15.0. The molecule has 0 spiro atoms. The Labute approximate surface area is 183 Å². The zero-order valence-electron chi connectivity index (χ0n) is 17.5. The van der Waals surface area contributed by atoms with Crippen LogP contribution >= 0.6 is 0 Å². The number of benzene rings is 3. The minimum Gasteiger partial charge on any atom is -0.341 e. The van der Waals surface area contributed by atoms with Gasteiger partial charge in [-0.05, 0) is 60.7 Å². The largest absolute Gasteiger partial charge is 0.341 e. The number of amides is 1. The summed E-state index contributed by atoms with van der Waals surface area (Å²) in [6.45, 7) is 2.52. The van der Waals surface area contributed by atoms with Crippen molar-refractivity contribution in [3.63, 3.8) is 0 Å². The van der Waals surface area contributed by atoms with Crippen molar-refractivity contribution in [1.29, 1.82) is 0 Å². The van der Waals surface area contributed by atoms with E-state index in [0.717, 1.165) is 23.1 Å². The Morgan fingerprint density at radius 1 is 0.903 bits per heavy atom. The Kier molecular flexibility index (Phi) is 6.09. The molecule has 0 radical (unpaired) electrons. The second-order valence-corrected chi connectivity index (χ2v) is 9.83. The third kappa shape index (κ3) is 4.64. The summed E-state index contributed by atoms with van der Waals surface area (Å²) in [5.74, 6) is -0.0325. The van der Waals surface area contributed by atoms with Crippen LogP contribution in [-0.2, 0) is 10.0 Å². The van der Waals surface area contributed by atoms with Crippen molar-refractivity contribution >= 4 is 21.6 Å². The first-order valence-corrected chi connectivity index (χ1v) is 12.1. The summed E-state index contributed by atoms with van der Waals surface area (Å²) in [5.41, 5.74) is 4.24. The molecule has 6 heteroatoms. The van der Waals surface area contributed by atoms with Crippen LogP contribution in [0, 0.1) is 6.92 Å². The van der Waals surface area contributed by atoms with Gasteiger partial charge in [-0.2, -0.15) is 0 Å². The number of hydrogen-bond acceptors (Lipinski definition) is 3. The van der Waals surface area contributed by atoms with Crippen LogP contribution in [0.3, 0.4) is 0 Å². The van der Waals surface area contributed by atoms with Crippen molar-refractivity contribution in [1.82, 2.24) is 5.32 Å². The normalized spacial score (nSPS) is 16.5. The Morgan fingerprint density at radius 2 is 1.58 bits per heavy atom. The summed E-state index contributed by atoms with van der Waals surface area (Å²) in [4.78, 5) is 13.1. The average molecular weight is 435 g/mol. The molecule has 1 aliphatic heterocycles. The van der Waals surface area contributed by atoms with Crippen LogP contribution in [0.4, 0.5) is 5.69 Å². The SMILES string of the molecule is Cc1ccccc1[C@H](NC(=O)c1ccc(N2CCCCS2(=O)=O)cc1)c1ccccc1. The van der Waals surface area contributed by atoms with E-state index in [2.05, 4.69) is 5.32 Å². The molecule has 0 unspecified atom stereocenters. The van der Waals surface area contributed by atoms with Crippen molar-refractivity contribution in [2.24, 2.45) is 0 Å². The van der Waals surface area contributed by atoms with Gasteiger partial charge in [0.2, 0.25) is 10.0 Å². The third-order valence-corrected chi connectivity index (χ3v) is 7.54. The maximum atomic E-state index is 13.1. The van der Waals surface area contributed by atoms with E-state index in [1.54, 1.807) is 24.3 Å². The second-order valence-electron chi connectivity index (χ2n) is 7.82. The molecule has 1 atom stereocenters. The van der Waals surface area contributed by atoms with E-state index in [1.807, 2.05) is 61.5 Å². The van der Waals surface area contributed by atoms with Gasteiger partial charge < -0.3 is 5.32 Å². The highest BCUT2D eigenvalue weighted by atomic mass is 32.2. The van der Waals surface area contributed by atoms with Crippen molar-refractivity contribution in [3.05, 3.63) is 101 Å². The number of carbonyl (C=O) groups excluding carboxylic acids is 1. The third-order valence-electron chi connectivity index (χ3n) is 5.67. The van der Waals surface area contributed by atoms with Gasteiger partial charge in [0, 0.05) is 12.1 Å². The molecule has 1 heterocycles. The van der Waals surface area contributed by atoms with E-state index in [-0.39, 0.29) is 17.7 Å². The van der Waals surface area contributed by atoms with Gasteiger partial charge in [0.15, 0.2) is 0 Å². The number of aryl methyl sites for hydroxylation is 1. The fraction of sp³-hybridized carbons (Fsp3) is 0.240. The molecule has 0 bridgehead atoms. The number of carbonyl (C=O) groups is 1. The first kappa shape index (κ1) is 21.1. The van der Waals surface area contributed by atoms with Crippen molar-refractivity contribution in [3.8, 4) is 0 Å². The standard InChI is InChI=1S/C25H26N2O3S/c1-19-9-5-6-12-23(19)24(20-10-3-2-4-11-20)26-25(28)21-13-15-22(16-14-21)27-17-7-8-18-31(27,29)30/h2-6,9-16,24H,7-8,17-18H2,1H3,(H,26,28)/t24-/m1/s1. The summed E-state index contributed by atoms with van der Waals surface area (Å²) in [6, 6.07) is 24.4. The molecule has 31 heavy (non-hydrogen) atoms. The van der Waals surface area contributed by atoms with Gasteiger partial charge in [-0.25, -0.2) is 8.42 Å². The summed E-state index contributed by atoms with van der Waals surface area (Å²) in [5, 5.41) is 3.15. The van der Waals surface area contributed by atoms with Gasteiger partial charge in [-0.1, -0.05) is 54.6 Å². The van der Waals surface area contributed by atoms with Crippen LogP contribution in [0.1, 0.15) is 45.9 Å². The van der Waals surface area contributed by atoms with E-state index >= 15 is 0 Å². The molecule has 3 aromatic carbocycles. The van der Waals surface area contributed by atoms with E-state index < -0.39 is 10.0 Å². The van der Waals surface area contributed by atoms with E-state index in [4.69, 9.17) is 0 Å².